The van der Waals surface area contributed by atoms with Gasteiger partial charge in [0, 0.05) is 12.0 Å². The van der Waals surface area contributed by atoms with Crippen LogP contribution in [0.5, 0.6) is 5.75 Å². The highest BCUT2D eigenvalue weighted by Gasteiger charge is 2.21. The minimum atomic E-state index is -1.11. The van der Waals surface area contributed by atoms with Gasteiger partial charge in [-0.3, -0.25) is 9.59 Å². The fraction of sp³-hybridized carbons (Fsp3) is 0.250. The van der Waals surface area contributed by atoms with Crippen molar-refractivity contribution in [2.75, 3.05) is 6.61 Å². The summed E-state index contributed by atoms with van der Waals surface area (Å²) in [5, 5.41) is 11.8. The van der Waals surface area contributed by atoms with E-state index in [-0.39, 0.29) is 18.1 Å². The number of nitrogens with one attached hydrogen (secondary N) is 1. The highest BCUT2D eigenvalue weighted by Crippen LogP contribution is 2.14. The summed E-state index contributed by atoms with van der Waals surface area (Å²) in [4.78, 5) is 34.6. The lowest BCUT2D eigenvalue weighted by Gasteiger charge is -2.15. The van der Waals surface area contributed by atoms with Crippen molar-refractivity contribution < 1.29 is 24.2 Å². The van der Waals surface area contributed by atoms with Crippen molar-refractivity contribution in [1.82, 2.24) is 5.32 Å². The quantitative estimate of drug-likeness (QED) is 0.533. The van der Waals surface area contributed by atoms with Crippen LogP contribution in [-0.2, 0) is 9.59 Å². The number of ketones is 1. The Labute approximate surface area is 151 Å². The number of aliphatic carboxylic acids is 1. The van der Waals surface area contributed by atoms with Crippen LogP contribution in [0.15, 0.2) is 54.6 Å². The van der Waals surface area contributed by atoms with E-state index in [1.807, 2.05) is 0 Å². The van der Waals surface area contributed by atoms with Crippen molar-refractivity contribution >= 4 is 17.7 Å². The maximum Gasteiger partial charge on any atom is 0.330 e. The summed E-state index contributed by atoms with van der Waals surface area (Å²) in [6.07, 6.45) is 0.601. The van der Waals surface area contributed by atoms with Gasteiger partial charge in [0.15, 0.2) is 11.8 Å². The number of carboxylic acids is 1. The summed E-state index contributed by atoms with van der Waals surface area (Å²) in [5.41, 5.74) is 1.13. The monoisotopic (exact) mass is 355 g/mol. The molecule has 136 valence electrons. The molecule has 0 bridgehead atoms. The summed E-state index contributed by atoms with van der Waals surface area (Å²) in [5.74, 6) is -0.856. The van der Waals surface area contributed by atoms with Crippen molar-refractivity contribution in [2.45, 2.75) is 25.8 Å². The first-order chi connectivity index (χ1) is 12.5. The molecule has 0 aromatic heterocycles. The van der Waals surface area contributed by atoms with Gasteiger partial charge < -0.3 is 15.2 Å². The molecule has 0 aliphatic rings. The fourth-order valence-corrected chi connectivity index (χ4v) is 2.37. The molecule has 0 saturated heterocycles. The summed E-state index contributed by atoms with van der Waals surface area (Å²) in [6, 6.07) is 14.3. The van der Waals surface area contributed by atoms with Gasteiger partial charge in [0.2, 0.25) is 5.91 Å². The molecule has 2 rings (SSSR count). The van der Waals surface area contributed by atoms with E-state index in [9.17, 15) is 19.5 Å². The van der Waals surface area contributed by atoms with E-state index in [2.05, 4.69) is 5.32 Å². The number of amides is 1. The van der Waals surface area contributed by atoms with Gasteiger partial charge in [-0.15, -0.1) is 0 Å². The fourth-order valence-electron chi connectivity index (χ4n) is 2.37. The molecule has 2 aromatic carbocycles. The number of benzene rings is 2. The van der Waals surface area contributed by atoms with Gasteiger partial charge in [0.25, 0.3) is 0 Å². The molecular weight excluding hydrogens is 334 g/mol. The standard InChI is InChI=1S/C20H21NO5/c1-14(22)15-9-11-17(12-10-15)26-13-5-8-18(23)21-19(20(24)25)16-6-3-2-4-7-16/h2-4,6-7,9-12,19H,5,8,13H2,1H3,(H,21,23)(H,24,25)/t19-/m1/s1. The van der Waals surface area contributed by atoms with Gasteiger partial charge in [-0.1, -0.05) is 30.3 Å². The van der Waals surface area contributed by atoms with Crippen LogP contribution < -0.4 is 10.1 Å². The Bertz CT molecular complexity index is 756. The van der Waals surface area contributed by atoms with E-state index >= 15 is 0 Å². The largest absolute Gasteiger partial charge is 0.494 e. The van der Waals surface area contributed by atoms with Crippen LogP contribution in [-0.4, -0.2) is 29.4 Å². The second kappa shape index (κ2) is 9.36. The third kappa shape index (κ3) is 5.73. The molecule has 2 aromatic rings. The SMILES string of the molecule is CC(=O)c1ccc(OCCCC(=O)N[C@@H](C(=O)O)c2ccccc2)cc1. The van der Waals surface area contributed by atoms with Crippen LogP contribution in [0, 0.1) is 0 Å². The van der Waals surface area contributed by atoms with Gasteiger partial charge in [-0.25, -0.2) is 4.79 Å². The molecule has 6 nitrogen and oxygen atoms in total. The second-order valence-electron chi connectivity index (χ2n) is 5.78. The van der Waals surface area contributed by atoms with Crippen molar-refractivity contribution in [1.29, 1.82) is 0 Å². The van der Waals surface area contributed by atoms with Crippen molar-refractivity contribution in [3.63, 3.8) is 0 Å². The van der Waals surface area contributed by atoms with Gasteiger partial charge in [-0.2, -0.15) is 0 Å². The smallest absolute Gasteiger partial charge is 0.330 e. The molecule has 1 atom stereocenters. The average Bonchev–Trinajstić information content (AvgIpc) is 2.64. The Kier molecular flexibility index (Phi) is 6.91. The molecule has 0 saturated carbocycles. The highest BCUT2D eigenvalue weighted by atomic mass is 16.5. The molecule has 2 N–H and O–H groups in total. The minimum absolute atomic E-state index is 0.0142. The van der Waals surface area contributed by atoms with E-state index in [0.717, 1.165) is 0 Å². The lowest BCUT2D eigenvalue weighted by Crippen LogP contribution is -2.33. The van der Waals surface area contributed by atoms with Crippen LogP contribution in [0.25, 0.3) is 0 Å². The average molecular weight is 355 g/mol. The molecule has 0 fully saturated rings. The van der Waals surface area contributed by atoms with Crippen molar-refractivity contribution in [3.05, 3.63) is 65.7 Å². The molecular formula is C20H21NO5. The summed E-state index contributed by atoms with van der Waals surface area (Å²) in [6.45, 7) is 1.81. The Morgan fingerprint density at radius 2 is 1.69 bits per heavy atom. The topological polar surface area (TPSA) is 92.7 Å². The zero-order valence-corrected chi connectivity index (χ0v) is 14.5. The number of carbonyl (C=O) groups excluding carboxylic acids is 2. The summed E-state index contributed by atoms with van der Waals surface area (Å²) in [7, 11) is 0. The summed E-state index contributed by atoms with van der Waals surface area (Å²) < 4.78 is 5.52. The zero-order valence-electron chi connectivity index (χ0n) is 14.5. The van der Waals surface area contributed by atoms with Gasteiger partial charge in [-0.05, 0) is 43.2 Å². The Morgan fingerprint density at radius 1 is 1.04 bits per heavy atom. The number of carboxylic acid groups (broad SMARTS) is 1. The van der Waals surface area contributed by atoms with Gasteiger partial charge >= 0.3 is 5.97 Å². The number of carbonyl (C=O) groups is 3. The Morgan fingerprint density at radius 3 is 2.27 bits per heavy atom. The molecule has 0 aliphatic heterocycles. The van der Waals surface area contributed by atoms with Gasteiger partial charge in [0.1, 0.15) is 5.75 Å². The molecule has 26 heavy (non-hydrogen) atoms. The van der Waals surface area contributed by atoms with Crippen molar-refractivity contribution in [2.24, 2.45) is 0 Å². The number of hydrogen-bond acceptors (Lipinski definition) is 4. The molecule has 0 unspecified atom stereocenters. The van der Waals surface area contributed by atoms with Crippen LogP contribution in [0.1, 0.15) is 41.7 Å². The molecule has 0 aliphatic carbocycles. The Hall–Kier alpha value is -3.15. The van der Waals surface area contributed by atoms with E-state index in [1.165, 1.54) is 6.92 Å². The molecule has 6 heteroatoms. The third-order valence-corrected chi connectivity index (χ3v) is 3.76. The number of ether oxygens (including phenoxy) is 1. The third-order valence-electron chi connectivity index (χ3n) is 3.76. The van der Waals surface area contributed by atoms with E-state index in [4.69, 9.17) is 4.74 Å². The van der Waals surface area contributed by atoms with E-state index in [1.54, 1.807) is 54.6 Å². The van der Waals surface area contributed by atoms with Crippen LogP contribution >= 0.6 is 0 Å². The van der Waals surface area contributed by atoms with Gasteiger partial charge in [0.05, 0.1) is 6.61 Å². The first-order valence-electron chi connectivity index (χ1n) is 8.28. The van der Waals surface area contributed by atoms with E-state index in [0.29, 0.717) is 29.9 Å². The molecule has 0 radical (unpaired) electrons. The van der Waals surface area contributed by atoms with E-state index < -0.39 is 12.0 Å². The number of rotatable bonds is 9. The number of hydrogen-bond donors (Lipinski definition) is 2. The first-order valence-corrected chi connectivity index (χ1v) is 8.28. The predicted octanol–water partition coefficient (Wildman–Crippen LogP) is 2.99. The van der Waals surface area contributed by atoms with Crippen LogP contribution in [0.4, 0.5) is 0 Å². The minimum Gasteiger partial charge on any atom is -0.494 e. The molecule has 1 amide bonds. The lowest BCUT2D eigenvalue weighted by molar-refractivity contribution is -0.142. The Balaban J connectivity index is 1.77. The second-order valence-corrected chi connectivity index (χ2v) is 5.78. The molecule has 0 heterocycles. The summed E-state index contributed by atoms with van der Waals surface area (Å²) >= 11 is 0. The normalized spacial score (nSPS) is 11.4. The molecule has 0 spiro atoms. The maximum atomic E-state index is 12.0. The first kappa shape index (κ1) is 19.2. The zero-order chi connectivity index (χ0) is 18.9. The van der Waals surface area contributed by atoms with Crippen LogP contribution in [0.2, 0.25) is 0 Å². The predicted molar refractivity (Wildman–Crippen MR) is 96.1 cm³/mol. The maximum absolute atomic E-state index is 12.0. The number of Topliss-reactive ketones (excluding diaryl/α,β-unsaturated/α-hetero) is 1. The van der Waals surface area contributed by atoms with Crippen molar-refractivity contribution in [3.8, 4) is 5.75 Å². The highest BCUT2D eigenvalue weighted by molar-refractivity contribution is 5.94. The lowest BCUT2D eigenvalue weighted by atomic mass is 10.1. The van der Waals surface area contributed by atoms with Crippen LogP contribution in [0.3, 0.4) is 0 Å².